The highest BCUT2D eigenvalue weighted by atomic mass is 31.2. The number of carbonyl (C=O) groups excluding carboxylic acids is 2. The summed E-state index contributed by atoms with van der Waals surface area (Å²) in [5.41, 5.74) is -0.452. The molecule has 0 aromatic heterocycles. The molecular weight excluding hydrogens is 399 g/mol. The monoisotopic (exact) mass is 426 g/mol. The average molecular weight is 426 g/mol. The van der Waals surface area contributed by atoms with Crippen LogP contribution in [0.3, 0.4) is 0 Å². The van der Waals surface area contributed by atoms with E-state index in [1.165, 1.54) is 19.9 Å². The Kier molecular flexibility index (Phi) is 7.96. The zero-order chi connectivity index (χ0) is 22.3. The lowest BCUT2D eigenvalue weighted by atomic mass is 10.0. The van der Waals surface area contributed by atoms with E-state index in [4.69, 9.17) is 9.47 Å². The first-order chi connectivity index (χ1) is 14.2. The van der Waals surface area contributed by atoms with Crippen molar-refractivity contribution in [1.29, 1.82) is 0 Å². The summed E-state index contributed by atoms with van der Waals surface area (Å²) in [7, 11) is -3.52. The minimum atomic E-state index is -3.52. The van der Waals surface area contributed by atoms with Crippen LogP contribution in [0.2, 0.25) is 0 Å². The maximum Gasteiger partial charge on any atom is 0.303 e. The predicted octanol–water partition coefficient (Wildman–Crippen LogP) is 3.99. The molecule has 3 atom stereocenters. The fourth-order valence-corrected chi connectivity index (χ4v) is 6.96. The molecule has 0 heterocycles. The Morgan fingerprint density at radius 1 is 0.867 bits per heavy atom. The molecule has 0 radical (unpaired) electrons. The van der Waals surface area contributed by atoms with Gasteiger partial charge in [0.1, 0.15) is 17.9 Å². The molecular formula is C24H27O5P. The average Bonchev–Trinajstić information content (AvgIpc) is 2.72. The minimum Gasteiger partial charge on any atom is -0.457 e. The second-order valence-electron chi connectivity index (χ2n) is 7.01. The number of rotatable bonds is 9. The lowest BCUT2D eigenvalue weighted by Crippen LogP contribution is -2.46. The van der Waals surface area contributed by atoms with Crippen LogP contribution < -0.4 is 10.6 Å². The SMILES string of the molecule is C=C[C@@H](OC(C)=O)[C@H]([C@@H](OC(C)=O)C(=C)C)P(=O)(c1ccccc1)c1ccccc1. The number of carbonyl (C=O) groups is 2. The van der Waals surface area contributed by atoms with Crippen LogP contribution in [-0.2, 0) is 23.6 Å². The van der Waals surface area contributed by atoms with Gasteiger partial charge in [-0.25, -0.2) is 0 Å². The van der Waals surface area contributed by atoms with Gasteiger partial charge in [-0.15, -0.1) is 0 Å². The van der Waals surface area contributed by atoms with E-state index in [2.05, 4.69) is 13.2 Å². The van der Waals surface area contributed by atoms with E-state index in [9.17, 15) is 14.2 Å². The molecule has 5 nitrogen and oxygen atoms in total. The Balaban J connectivity index is 2.85. The first-order valence-corrected chi connectivity index (χ1v) is 11.3. The first-order valence-electron chi connectivity index (χ1n) is 9.55. The highest BCUT2D eigenvalue weighted by Crippen LogP contribution is 2.53. The van der Waals surface area contributed by atoms with Crippen molar-refractivity contribution in [3.8, 4) is 0 Å². The van der Waals surface area contributed by atoms with Crippen molar-refractivity contribution in [2.24, 2.45) is 0 Å². The summed E-state index contributed by atoms with van der Waals surface area (Å²) in [4.78, 5) is 23.8. The number of benzene rings is 2. The third-order valence-electron chi connectivity index (χ3n) is 4.66. The quantitative estimate of drug-likeness (QED) is 0.344. The van der Waals surface area contributed by atoms with E-state index >= 15 is 0 Å². The zero-order valence-electron chi connectivity index (χ0n) is 17.5. The molecule has 0 spiro atoms. The van der Waals surface area contributed by atoms with Gasteiger partial charge in [-0.2, -0.15) is 0 Å². The molecule has 6 heteroatoms. The number of hydrogen-bond acceptors (Lipinski definition) is 5. The lowest BCUT2D eigenvalue weighted by molar-refractivity contribution is -0.148. The Bertz CT molecular complexity index is 909. The summed E-state index contributed by atoms with van der Waals surface area (Å²) in [6.45, 7) is 12.0. The largest absolute Gasteiger partial charge is 0.457 e. The standard InChI is InChI=1S/C24H27O5P/c1-6-22(28-18(4)25)24(23(17(2)3)29-19(5)26)30(27,20-13-9-7-10-14-20)21-15-11-8-12-16-21/h6-16,22-24H,1-2H2,3-5H3/t22-,23+,24-/m1/s1. The maximum atomic E-state index is 15.0. The van der Waals surface area contributed by atoms with Gasteiger partial charge in [0.15, 0.2) is 7.14 Å². The molecule has 0 aliphatic carbocycles. The van der Waals surface area contributed by atoms with Gasteiger partial charge in [-0.3, -0.25) is 9.59 Å². The van der Waals surface area contributed by atoms with Crippen LogP contribution in [0.25, 0.3) is 0 Å². The van der Waals surface area contributed by atoms with E-state index in [1.807, 2.05) is 12.1 Å². The van der Waals surface area contributed by atoms with Crippen molar-refractivity contribution in [2.75, 3.05) is 0 Å². The fourth-order valence-electron chi connectivity index (χ4n) is 3.45. The van der Waals surface area contributed by atoms with E-state index in [0.29, 0.717) is 16.2 Å². The van der Waals surface area contributed by atoms with Gasteiger partial charge in [-0.05, 0) is 12.5 Å². The highest BCUT2D eigenvalue weighted by Gasteiger charge is 2.48. The van der Waals surface area contributed by atoms with E-state index in [0.717, 1.165) is 0 Å². The molecule has 2 aromatic carbocycles. The van der Waals surface area contributed by atoms with Crippen LogP contribution >= 0.6 is 7.14 Å². The normalized spacial score (nSPS) is 14.1. The van der Waals surface area contributed by atoms with Crippen LogP contribution in [-0.4, -0.2) is 29.8 Å². The molecule has 0 aliphatic rings. The van der Waals surface area contributed by atoms with Crippen molar-refractivity contribution in [3.05, 3.63) is 85.5 Å². The van der Waals surface area contributed by atoms with Gasteiger partial charge >= 0.3 is 11.9 Å². The van der Waals surface area contributed by atoms with Crippen molar-refractivity contribution in [3.63, 3.8) is 0 Å². The van der Waals surface area contributed by atoms with Crippen molar-refractivity contribution >= 4 is 29.7 Å². The summed E-state index contributed by atoms with van der Waals surface area (Å²) in [5, 5.41) is 1.11. The van der Waals surface area contributed by atoms with Gasteiger partial charge < -0.3 is 14.0 Å². The van der Waals surface area contributed by atoms with Gasteiger partial charge in [0.25, 0.3) is 0 Å². The highest BCUT2D eigenvalue weighted by molar-refractivity contribution is 7.79. The molecule has 0 saturated heterocycles. The summed E-state index contributed by atoms with van der Waals surface area (Å²) >= 11 is 0. The van der Waals surface area contributed by atoms with Crippen LogP contribution in [0, 0.1) is 0 Å². The molecule has 0 unspecified atom stereocenters. The summed E-state index contributed by atoms with van der Waals surface area (Å²) < 4.78 is 26.0. The zero-order valence-corrected chi connectivity index (χ0v) is 18.4. The van der Waals surface area contributed by atoms with Gasteiger partial charge in [0.2, 0.25) is 0 Å². The molecule has 30 heavy (non-hydrogen) atoms. The summed E-state index contributed by atoms with van der Waals surface area (Å²) in [5.74, 6) is -1.10. The van der Waals surface area contributed by atoms with Crippen molar-refractivity contribution < 1.29 is 23.6 Å². The van der Waals surface area contributed by atoms with Gasteiger partial charge in [0, 0.05) is 24.5 Å². The topological polar surface area (TPSA) is 69.7 Å². The summed E-state index contributed by atoms with van der Waals surface area (Å²) in [6.07, 6.45) is -0.518. The van der Waals surface area contributed by atoms with Gasteiger partial charge in [-0.1, -0.05) is 79.9 Å². The number of ether oxygens (including phenoxy) is 2. The minimum absolute atomic E-state index is 0.487. The molecule has 0 amide bonds. The summed E-state index contributed by atoms with van der Waals surface area (Å²) in [6, 6.07) is 17.9. The van der Waals surface area contributed by atoms with Crippen molar-refractivity contribution in [1.82, 2.24) is 0 Å². The van der Waals surface area contributed by atoms with Crippen LogP contribution in [0.15, 0.2) is 85.5 Å². The molecule has 2 aromatic rings. The molecule has 0 bridgehead atoms. The number of esters is 2. The predicted molar refractivity (Wildman–Crippen MR) is 120 cm³/mol. The fraction of sp³-hybridized carbons (Fsp3) is 0.250. The molecule has 0 saturated carbocycles. The maximum absolute atomic E-state index is 15.0. The van der Waals surface area contributed by atoms with Crippen LogP contribution in [0.5, 0.6) is 0 Å². The Morgan fingerprint density at radius 2 is 1.30 bits per heavy atom. The van der Waals surface area contributed by atoms with Crippen LogP contribution in [0.1, 0.15) is 20.8 Å². The second kappa shape index (κ2) is 10.2. The lowest BCUT2D eigenvalue weighted by Gasteiger charge is -2.37. The Labute approximate surface area is 177 Å². The smallest absolute Gasteiger partial charge is 0.303 e. The second-order valence-corrected chi connectivity index (χ2v) is 9.95. The first kappa shape index (κ1) is 23.4. The van der Waals surface area contributed by atoms with E-state index < -0.39 is 36.9 Å². The molecule has 0 aliphatic heterocycles. The van der Waals surface area contributed by atoms with E-state index in [1.54, 1.807) is 55.5 Å². The van der Waals surface area contributed by atoms with Gasteiger partial charge in [0.05, 0.1) is 0 Å². The molecule has 0 fully saturated rings. The van der Waals surface area contributed by atoms with Crippen molar-refractivity contribution in [2.45, 2.75) is 38.6 Å². The number of hydrogen-bond donors (Lipinski definition) is 0. The molecule has 0 N–H and O–H groups in total. The Hall–Kier alpha value is -2.91. The molecule has 158 valence electrons. The third-order valence-corrected chi connectivity index (χ3v) is 8.19. The van der Waals surface area contributed by atoms with E-state index in [-0.39, 0.29) is 0 Å². The third kappa shape index (κ3) is 5.17. The molecule has 2 rings (SSSR count). The van der Waals surface area contributed by atoms with Crippen LogP contribution in [0.4, 0.5) is 0 Å². The Morgan fingerprint density at radius 3 is 1.63 bits per heavy atom.